The molecule has 4 rings (SSSR count). The molecule has 1 fully saturated rings. The van der Waals surface area contributed by atoms with Crippen molar-refractivity contribution in [2.75, 3.05) is 13.6 Å². The van der Waals surface area contributed by atoms with E-state index in [1.165, 1.54) is 5.56 Å². The van der Waals surface area contributed by atoms with Crippen LogP contribution in [0.3, 0.4) is 0 Å². The number of aromatic nitrogens is 3. The molecule has 144 valence electrons. The Morgan fingerprint density at radius 2 is 2.11 bits per heavy atom. The molecule has 1 saturated carbocycles. The van der Waals surface area contributed by atoms with E-state index in [0.29, 0.717) is 6.54 Å². The fraction of sp³-hybridized carbons (Fsp3) is 0.286. The average Bonchev–Trinajstić information content (AvgIpc) is 3.31. The van der Waals surface area contributed by atoms with Crippen LogP contribution in [-0.4, -0.2) is 34.1 Å². The molecule has 0 aliphatic heterocycles. The number of nitrogens with one attached hydrogen (secondary N) is 2. The van der Waals surface area contributed by atoms with Crippen molar-refractivity contribution in [3.8, 4) is 5.82 Å². The first-order chi connectivity index (χ1) is 13.7. The molecule has 0 saturated heterocycles. The summed E-state index contributed by atoms with van der Waals surface area (Å²) >= 11 is 6.17. The molecular formula is C21H23ClN6. The van der Waals surface area contributed by atoms with Crippen molar-refractivity contribution in [1.82, 2.24) is 25.2 Å². The van der Waals surface area contributed by atoms with Crippen LogP contribution in [-0.2, 0) is 12.0 Å². The highest BCUT2D eigenvalue weighted by molar-refractivity contribution is 6.30. The molecule has 0 spiro atoms. The van der Waals surface area contributed by atoms with Crippen LogP contribution in [0.1, 0.15) is 24.0 Å². The summed E-state index contributed by atoms with van der Waals surface area (Å²) < 4.78 is 1.89. The van der Waals surface area contributed by atoms with Gasteiger partial charge in [0.25, 0.3) is 0 Å². The lowest BCUT2D eigenvalue weighted by atomic mass is 9.96. The van der Waals surface area contributed by atoms with Crippen molar-refractivity contribution in [2.45, 2.75) is 24.8 Å². The lowest BCUT2D eigenvalue weighted by Crippen LogP contribution is -2.40. The van der Waals surface area contributed by atoms with Crippen LogP contribution in [0.5, 0.6) is 0 Å². The smallest absolute Gasteiger partial charge is 0.191 e. The van der Waals surface area contributed by atoms with E-state index in [2.05, 4.69) is 37.7 Å². The molecule has 0 unspecified atom stereocenters. The van der Waals surface area contributed by atoms with Crippen LogP contribution in [0.15, 0.2) is 66.3 Å². The summed E-state index contributed by atoms with van der Waals surface area (Å²) in [5, 5.41) is 7.64. The maximum Gasteiger partial charge on any atom is 0.191 e. The fourth-order valence-corrected chi connectivity index (χ4v) is 3.49. The van der Waals surface area contributed by atoms with Crippen LogP contribution >= 0.6 is 11.6 Å². The number of guanidine groups is 1. The number of imidazole rings is 1. The molecule has 3 aromatic rings. The largest absolute Gasteiger partial charge is 0.356 e. The first-order valence-corrected chi connectivity index (χ1v) is 9.70. The van der Waals surface area contributed by atoms with Gasteiger partial charge < -0.3 is 10.6 Å². The number of hydrogen-bond acceptors (Lipinski definition) is 3. The summed E-state index contributed by atoms with van der Waals surface area (Å²) in [6.45, 7) is 1.50. The van der Waals surface area contributed by atoms with E-state index in [0.717, 1.165) is 41.7 Å². The Kier molecular flexibility index (Phi) is 5.30. The highest BCUT2D eigenvalue weighted by Gasteiger charge is 2.44. The van der Waals surface area contributed by atoms with E-state index in [-0.39, 0.29) is 5.41 Å². The average molecular weight is 395 g/mol. The molecule has 1 aliphatic carbocycles. The Bertz CT molecular complexity index is 963. The highest BCUT2D eigenvalue weighted by atomic mass is 35.5. The topological polar surface area (TPSA) is 67.1 Å². The van der Waals surface area contributed by atoms with Gasteiger partial charge in [0.2, 0.25) is 0 Å². The molecule has 0 amide bonds. The first-order valence-electron chi connectivity index (χ1n) is 9.32. The van der Waals surface area contributed by atoms with Gasteiger partial charge in [0.05, 0.1) is 0 Å². The van der Waals surface area contributed by atoms with Gasteiger partial charge in [0.1, 0.15) is 12.1 Å². The van der Waals surface area contributed by atoms with Crippen molar-refractivity contribution >= 4 is 17.6 Å². The van der Waals surface area contributed by atoms with E-state index in [1.807, 2.05) is 35.0 Å². The molecule has 2 aromatic heterocycles. The Balaban J connectivity index is 1.35. The Morgan fingerprint density at radius 3 is 2.82 bits per heavy atom. The second kappa shape index (κ2) is 8.02. The molecule has 0 atom stereocenters. The van der Waals surface area contributed by atoms with Gasteiger partial charge in [-0.25, -0.2) is 9.97 Å². The maximum absolute atomic E-state index is 6.17. The number of pyridine rings is 1. The van der Waals surface area contributed by atoms with Crippen LogP contribution in [0.4, 0.5) is 0 Å². The molecular weight excluding hydrogens is 372 g/mol. The van der Waals surface area contributed by atoms with Gasteiger partial charge in [-0.3, -0.25) is 9.56 Å². The SMILES string of the molecule is CN=C(NCc1ccnc(-n2ccnc2)c1)NCC1(c2cccc(Cl)c2)CC1. The first kappa shape index (κ1) is 18.5. The van der Waals surface area contributed by atoms with Crippen LogP contribution < -0.4 is 10.6 Å². The van der Waals surface area contributed by atoms with E-state index < -0.39 is 0 Å². The van der Waals surface area contributed by atoms with Crippen LogP contribution in [0.25, 0.3) is 5.82 Å². The van der Waals surface area contributed by atoms with Crippen molar-refractivity contribution in [3.05, 3.63) is 77.5 Å². The van der Waals surface area contributed by atoms with Gasteiger partial charge >= 0.3 is 0 Å². The molecule has 6 nitrogen and oxygen atoms in total. The Labute approximate surface area is 169 Å². The predicted molar refractivity (Wildman–Crippen MR) is 112 cm³/mol. The Hall–Kier alpha value is -2.86. The number of benzene rings is 1. The number of halogens is 1. The van der Waals surface area contributed by atoms with E-state index in [4.69, 9.17) is 11.6 Å². The van der Waals surface area contributed by atoms with Crippen LogP contribution in [0.2, 0.25) is 5.02 Å². The molecule has 1 aliphatic rings. The molecule has 7 heteroatoms. The van der Waals surface area contributed by atoms with Crippen molar-refractivity contribution in [2.24, 2.45) is 4.99 Å². The van der Waals surface area contributed by atoms with Gasteiger partial charge in [0, 0.05) is 49.2 Å². The highest BCUT2D eigenvalue weighted by Crippen LogP contribution is 2.48. The van der Waals surface area contributed by atoms with E-state index in [1.54, 1.807) is 25.8 Å². The summed E-state index contributed by atoms with van der Waals surface area (Å²) in [6.07, 6.45) is 9.49. The standard InChI is InChI=1S/C21H23ClN6/c1-23-20(27-14-21(6-7-21)17-3-2-4-18(22)12-17)26-13-16-5-8-25-19(11-16)28-10-9-24-15-28/h2-5,8-12,15H,6-7,13-14H2,1H3,(H2,23,26,27). The molecule has 28 heavy (non-hydrogen) atoms. The maximum atomic E-state index is 6.17. The summed E-state index contributed by atoms with van der Waals surface area (Å²) in [5.74, 6) is 1.63. The summed E-state index contributed by atoms with van der Waals surface area (Å²) in [6, 6.07) is 12.2. The van der Waals surface area contributed by atoms with E-state index in [9.17, 15) is 0 Å². The lowest BCUT2D eigenvalue weighted by Gasteiger charge is -2.19. The predicted octanol–water partition coefficient (Wildman–Crippen LogP) is 3.32. The third-order valence-electron chi connectivity index (χ3n) is 5.15. The van der Waals surface area contributed by atoms with Gasteiger partial charge in [-0.05, 0) is 48.2 Å². The van der Waals surface area contributed by atoms with Crippen LogP contribution in [0, 0.1) is 0 Å². The third-order valence-corrected chi connectivity index (χ3v) is 5.38. The quantitative estimate of drug-likeness (QED) is 0.497. The zero-order chi connectivity index (χ0) is 19.4. The molecule has 1 aromatic carbocycles. The normalized spacial score (nSPS) is 15.3. The number of aliphatic imine (C=N–C) groups is 1. The number of nitrogens with zero attached hydrogens (tertiary/aromatic N) is 4. The third kappa shape index (κ3) is 4.17. The zero-order valence-electron chi connectivity index (χ0n) is 15.8. The molecule has 2 heterocycles. The zero-order valence-corrected chi connectivity index (χ0v) is 16.5. The molecule has 0 radical (unpaired) electrons. The van der Waals surface area contributed by atoms with E-state index >= 15 is 0 Å². The van der Waals surface area contributed by atoms with Crippen molar-refractivity contribution in [1.29, 1.82) is 0 Å². The number of rotatable bonds is 6. The summed E-state index contributed by atoms with van der Waals surface area (Å²) in [4.78, 5) is 12.8. The van der Waals surface area contributed by atoms with Gasteiger partial charge in [-0.15, -0.1) is 0 Å². The Morgan fingerprint density at radius 1 is 1.21 bits per heavy atom. The van der Waals surface area contributed by atoms with Gasteiger partial charge in [0.15, 0.2) is 5.96 Å². The second-order valence-electron chi connectivity index (χ2n) is 7.06. The minimum absolute atomic E-state index is 0.160. The van der Waals surface area contributed by atoms with Gasteiger partial charge in [-0.2, -0.15) is 0 Å². The molecule has 2 N–H and O–H groups in total. The van der Waals surface area contributed by atoms with Crippen molar-refractivity contribution in [3.63, 3.8) is 0 Å². The summed E-state index contributed by atoms with van der Waals surface area (Å²) in [7, 11) is 1.79. The lowest BCUT2D eigenvalue weighted by molar-refractivity contribution is 0.645. The van der Waals surface area contributed by atoms with Gasteiger partial charge in [-0.1, -0.05) is 23.7 Å². The number of hydrogen-bond donors (Lipinski definition) is 2. The fourth-order valence-electron chi connectivity index (χ4n) is 3.30. The summed E-state index contributed by atoms with van der Waals surface area (Å²) in [5.41, 5.74) is 2.58. The monoisotopic (exact) mass is 394 g/mol. The second-order valence-corrected chi connectivity index (χ2v) is 7.50. The molecule has 0 bridgehead atoms. The van der Waals surface area contributed by atoms with Crippen molar-refractivity contribution < 1.29 is 0 Å². The minimum Gasteiger partial charge on any atom is -0.356 e. The minimum atomic E-state index is 0.160.